The minimum Gasteiger partial charge on any atom is -0.508 e. The van der Waals surface area contributed by atoms with Gasteiger partial charge in [-0.15, -0.1) is 0 Å². The summed E-state index contributed by atoms with van der Waals surface area (Å²) in [5.74, 6) is -3.86. The van der Waals surface area contributed by atoms with Gasteiger partial charge >= 0.3 is 0 Å². The lowest BCUT2D eigenvalue weighted by atomic mass is 9.49. The zero-order chi connectivity index (χ0) is 41.0. The van der Waals surface area contributed by atoms with Crippen molar-refractivity contribution in [2.45, 2.75) is 31.1 Å². The number of imide groups is 2. The number of aryl methyl sites for hydroxylation is 1. The van der Waals surface area contributed by atoms with Gasteiger partial charge in [0.05, 0.1) is 48.8 Å². The van der Waals surface area contributed by atoms with Crippen LogP contribution >= 0.6 is 0 Å². The second kappa shape index (κ2) is 14.8. The van der Waals surface area contributed by atoms with Gasteiger partial charge in [-0.3, -0.25) is 29.5 Å². The summed E-state index contributed by atoms with van der Waals surface area (Å²) in [5, 5.41) is 12.7. The lowest BCUT2D eigenvalue weighted by molar-refractivity contribution is -0.138. The molecule has 10 nitrogen and oxygen atoms in total. The first-order valence-corrected chi connectivity index (χ1v) is 19.8. The number of allylic oxidation sites excluding steroid dienone is 2. The maximum atomic E-state index is 15.3. The Morgan fingerprint density at radius 2 is 1.49 bits per heavy atom. The molecule has 0 spiro atoms. The van der Waals surface area contributed by atoms with E-state index >= 15 is 4.79 Å². The molecule has 2 aliphatic carbocycles. The Morgan fingerprint density at radius 3 is 2.20 bits per heavy atom. The van der Waals surface area contributed by atoms with E-state index in [1.54, 1.807) is 50.6 Å². The first kappa shape index (κ1) is 37.6. The van der Waals surface area contributed by atoms with Crippen LogP contribution in [0, 0.1) is 30.6 Å². The van der Waals surface area contributed by atoms with E-state index < -0.39 is 46.8 Å². The van der Waals surface area contributed by atoms with Crippen LogP contribution in [0.2, 0.25) is 0 Å². The number of anilines is 2. The summed E-state index contributed by atoms with van der Waals surface area (Å²) >= 11 is 0. The Labute approximate surface area is 342 Å². The lowest BCUT2D eigenvalue weighted by Crippen LogP contribution is -2.53. The average Bonchev–Trinajstić information content (AvgIpc) is 3.64. The zero-order valence-electron chi connectivity index (χ0n) is 32.9. The van der Waals surface area contributed by atoms with Gasteiger partial charge in [0.1, 0.15) is 17.2 Å². The molecule has 2 N–H and O–H groups in total. The second-order valence-electron chi connectivity index (χ2n) is 15.7. The van der Waals surface area contributed by atoms with Gasteiger partial charge in [-0.05, 0) is 85.3 Å². The highest BCUT2D eigenvalue weighted by Crippen LogP contribution is 2.65. The fourth-order valence-corrected chi connectivity index (χ4v) is 9.97. The SMILES string of the molecule is COc1ccc(OC)c(C=Cc2ccc(N3C(=O)C4CC=C5C(CC6C(=O)N(Nc7ccc(C)cc7)C(=O)C6(c6ccccc6)C5c5ccccc5O)C4C3=O)cc2)c1. The number of nitrogens with zero attached hydrogens (tertiary/aromatic N) is 2. The number of carbonyl (C=O) groups excluding carboxylic acids is 4. The molecule has 10 heteroatoms. The summed E-state index contributed by atoms with van der Waals surface area (Å²) in [4.78, 5) is 60.6. The largest absolute Gasteiger partial charge is 0.508 e. The van der Waals surface area contributed by atoms with Crippen LogP contribution in [0.25, 0.3) is 12.2 Å². The van der Waals surface area contributed by atoms with Gasteiger partial charge in [-0.1, -0.05) is 102 Å². The Bertz CT molecular complexity index is 2550. The molecule has 0 aromatic heterocycles. The van der Waals surface area contributed by atoms with Crippen molar-refractivity contribution in [2.75, 3.05) is 24.5 Å². The van der Waals surface area contributed by atoms with Crippen LogP contribution in [0.15, 0.2) is 133 Å². The van der Waals surface area contributed by atoms with Crippen molar-refractivity contribution in [2.24, 2.45) is 23.7 Å². The van der Waals surface area contributed by atoms with E-state index in [0.717, 1.165) is 27.3 Å². The second-order valence-corrected chi connectivity index (χ2v) is 15.7. The van der Waals surface area contributed by atoms with Crippen LogP contribution in [0.4, 0.5) is 11.4 Å². The molecule has 1 saturated carbocycles. The highest BCUT2D eigenvalue weighted by molar-refractivity contribution is 6.22. The number of aromatic hydroxyl groups is 1. The molecule has 0 radical (unpaired) electrons. The number of hydrogen-bond acceptors (Lipinski definition) is 8. The number of nitrogens with one attached hydrogen (secondary N) is 1. The molecular formula is C49H43N3O7. The number of fused-ring (bicyclic) bond motifs is 4. The minimum absolute atomic E-state index is 0.0186. The summed E-state index contributed by atoms with van der Waals surface area (Å²) < 4.78 is 10.9. The number of amides is 4. The van der Waals surface area contributed by atoms with E-state index in [2.05, 4.69) is 5.43 Å². The average molecular weight is 786 g/mol. The van der Waals surface area contributed by atoms with Crippen LogP contribution in [0.3, 0.4) is 0 Å². The fourth-order valence-electron chi connectivity index (χ4n) is 9.97. The van der Waals surface area contributed by atoms with E-state index in [1.165, 1.54) is 4.90 Å². The molecule has 4 aliphatic rings. The number of benzene rings is 5. The molecule has 0 bridgehead atoms. The Kier molecular flexibility index (Phi) is 9.42. The molecule has 5 aromatic carbocycles. The quantitative estimate of drug-likeness (QED) is 0.0874. The topological polar surface area (TPSA) is 125 Å². The highest BCUT2D eigenvalue weighted by Gasteiger charge is 2.70. The molecule has 3 fully saturated rings. The van der Waals surface area contributed by atoms with Crippen molar-refractivity contribution in [1.82, 2.24) is 5.01 Å². The van der Waals surface area contributed by atoms with E-state index in [-0.39, 0.29) is 30.4 Å². The number of methoxy groups -OCH3 is 2. The maximum Gasteiger partial charge on any atom is 0.260 e. The van der Waals surface area contributed by atoms with E-state index in [9.17, 15) is 19.5 Å². The maximum absolute atomic E-state index is 15.3. The number of ether oxygens (including phenoxy) is 2. The number of hydrazine groups is 1. The van der Waals surface area contributed by atoms with Gasteiger partial charge in [0.15, 0.2) is 0 Å². The molecule has 9 rings (SSSR count). The minimum atomic E-state index is -1.46. The van der Waals surface area contributed by atoms with Gasteiger partial charge in [-0.25, -0.2) is 0 Å². The van der Waals surface area contributed by atoms with Gasteiger partial charge in [0, 0.05) is 17.0 Å². The third-order valence-electron chi connectivity index (χ3n) is 12.7. The van der Waals surface area contributed by atoms with Gasteiger partial charge in [-0.2, -0.15) is 5.01 Å². The lowest BCUT2D eigenvalue weighted by Gasteiger charge is -2.50. The van der Waals surface area contributed by atoms with Crippen LogP contribution in [0.5, 0.6) is 17.2 Å². The van der Waals surface area contributed by atoms with Crippen molar-refractivity contribution in [3.63, 3.8) is 0 Å². The highest BCUT2D eigenvalue weighted by atomic mass is 16.5. The number of hydrogen-bond donors (Lipinski definition) is 2. The zero-order valence-corrected chi connectivity index (χ0v) is 32.9. The van der Waals surface area contributed by atoms with Crippen molar-refractivity contribution in [1.29, 1.82) is 0 Å². The predicted octanol–water partition coefficient (Wildman–Crippen LogP) is 8.08. The number of carbonyl (C=O) groups is 4. The van der Waals surface area contributed by atoms with Crippen LogP contribution in [0.1, 0.15) is 46.6 Å². The molecule has 2 heterocycles. The smallest absolute Gasteiger partial charge is 0.260 e. The van der Waals surface area contributed by atoms with Gasteiger partial charge in [0.2, 0.25) is 11.8 Å². The molecule has 6 atom stereocenters. The summed E-state index contributed by atoms with van der Waals surface area (Å²) in [6, 6.07) is 36.4. The molecule has 2 saturated heterocycles. The number of rotatable bonds is 9. The van der Waals surface area contributed by atoms with E-state index in [0.29, 0.717) is 34.0 Å². The normalized spacial score (nSPS) is 24.8. The number of phenolic OH excluding ortho intramolecular Hbond substituents is 1. The van der Waals surface area contributed by atoms with E-state index in [4.69, 9.17) is 9.47 Å². The Morgan fingerprint density at radius 1 is 0.763 bits per heavy atom. The number of phenols is 1. The van der Waals surface area contributed by atoms with Gasteiger partial charge in [0.25, 0.3) is 11.8 Å². The van der Waals surface area contributed by atoms with Gasteiger partial charge < -0.3 is 14.6 Å². The first-order valence-electron chi connectivity index (χ1n) is 19.8. The molecular weight excluding hydrogens is 743 g/mol. The van der Waals surface area contributed by atoms with Crippen molar-refractivity contribution in [3.05, 3.63) is 161 Å². The summed E-state index contributed by atoms with van der Waals surface area (Å²) in [6.45, 7) is 1.96. The van der Waals surface area contributed by atoms with Crippen molar-refractivity contribution in [3.8, 4) is 17.2 Å². The molecule has 6 unspecified atom stereocenters. The van der Waals surface area contributed by atoms with Crippen molar-refractivity contribution < 1.29 is 33.8 Å². The van der Waals surface area contributed by atoms with Crippen LogP contribution < -0.4 is 19.8 Å². The molecule has 296 valence electrons. The van der Waals surface area contributed by atoms with Crippen LogP contribution in [-0.2, 0) is 24.6 Å². The summed E-state index contributed by atoms with van der Waals surface area (Å²) in [5.41, 5.74) is 7.29. The third-order valence-corrected chi connectivity index (χ3v) is 12.7. The fraction of sp³-hybridized carbons (Fsp3) is 0.224. The first-order chi connectivity index (χ1) is 28.6. The standard InChI is InChI=1S/C49H43N3O7/c1-29-13-19-33(20-14-29)50-52-46(55)40-28-39-36(44(37-11-7-8-12-41(37)53)49(40,48(52)57)32-9-5-4-6-10-32)24-25-38-43(39)47(56)51(45(38)54)34-21-16-30(17-22-34)15-18-31-27-35(58-2)23-26-42(31)59-3/h4-24,26-27,38-40,43-44,50,53H,25,28H2,1-3H3. The Balaban J connectivity index is 1.10. The third kappa shape index (κ3) is 6.00. The summed E-state index contributed by atoms with van der Waals surface area (Å²) in [7, 11) is 3.21. The molecule has 4 amide bonds. The predicted molar refractivity (Wildman–Crippen MR) is 224 cm³/mol. The monoisotopic (exact) mass is 785 g/mol. The van der Waals surface area contributed by atoms with E-state index in [1.807, 2.05) is 110 Å². The molecule has 5 aromatic rings. The molecule has 2 aliphatic heterocycles. The Hall–Kier alpha value is -6.94. The summed E-state index contributed by atoms with van der Waals surface area (Å²) in [6.07, 6.45) is 6.26. The molecule has 59 heavy (non-hydrogen) atoms. The number of para-hydroxylation sites is 1. The van der Waals surface area contributed by atoms with Crippen LogP contribution in [-0.4, -0.2) is 48.0 Å². The van der Waals surface area contributed by atoms with Crippen molar-refractivity contribution >= 4 is 47.2 Å².